The van der Waals surface area contributed by atoms with Crippen LogP contribution in [0.3, 0.4) is 0 Å². The maximum atomic E-state index is 13.4. The number of hydrogen-bond donors (Lipinski definition) is 1. The second kappa shape index (κ2) is 8.28. The highest BCUT2D eigenvalue weighted by molar-refractivity contribution is 6.46. The van der Waals surface area contributed by atoms with Gasteiger partial charge in [0.25, 0.3) is 11.8 Å². The van der Waals surface area contributed by atoms with E-state index in [-0.39, 0.29) is 11.6 Å². The Morgan fingerprint density at radius 3 is 2.00 bits per heavy atom. The number of nitrogens with one attached hydrogen (secondary N) is 1. The van der Waals surface area contributed by atoms with Crippen molar-refractivity contribution >= 4 is 46.1 Å². The number of imide groups is 1. The number of carbonyl (C=O) groups is 2. The lowest BCUT2D eigenvalue weighted by molar-refractivity contribution is -0.120. The van der Waals surface area contributed by atoms with Crippen LogP contribution >= 0.6 is 11.6 Å². The van der Waals surface area contributed by atoms with E-state index in [2.05, 4.69) is 5.32 Å². The molecule has 156 valence electrons. The smallest absolute Gasteiger partial charge is 0.282 e. The summed E-state index contributed by atoms with van der Waals surface area (Å²) in [6, 6.07) is 21.9. The average molecular weight is 432 g/mol. The third-order valence-corrected chi connectivity index (χ3v) is 5.41. The van der Waals surface area contributed by atoms with Gasteiger partial charge in [-0.1, -0.05) is 41.4 Å². The molecule has 3 aromatic rings. The number of halogens is 1. The van der Waals surface area contributed by atoms with Gasteiger partial charge in [-0.3, -0.25) is 9.59 Å². The lowest BCUT2D eigenvalue weighted by Crippen LogP contribution is -2.32. The summed E-state index contributed by atoms with van der Waals surface area (Å²) in [5.41, 5.74) is 4.53. The molecule has 4 rings (SSSR count). The first-order valence-electron chi connectivity index (χ1n) is 9.85. The molecule has 0 aliphatic carbocycles. The van der Waals surface area contributed by atoms with Crippen LogP contribution in [0.2, 0.25) is 5.02 Å². The van der Waals surface area contributed by atoms with Crippen molar-refractivity contribution in [2.24, 2.45) is 0 Å². The van der Waals surface area contributed by atoms with E-state index in [4.69, 9.17) is 11.6 Å². The van der Waals surface area contributed by atoms with Crippen molar-refractivity contribution in [1.29, 1.82) is 0 Å². The van der Waals surface area contributed by atoms with Crippen LogP contribution in [0.1, 0.15) is 11.1 Å². The Bertz CT molecular complexity index is 1160. The van der Waals surface area contributed by atoms with Gasteiger partial charge in [0.05, 0.1) is 11.3 Å². The fourth-order valence-electron chi connectivity index (χ4n) is 3.45. The summed E-state index contributed by atoms with van der Waals surface area (Å²) in [4.78, 5) is 30.0. The Balaban J connectivity index is 1.77. The van der Waals surface area contributed by atoms with Gasteiger partial charge in [-0.2, -0.15) is 0 Å². The van der Waals surface area contributed by atoms with Crippen molar-refractivity contribution < 1.29 is 9.59 Å². The number of hydrogen-bond acceptors (Lipinski definition) is 4. The molecule has 0 aromatic heterocycles. The lowest BCUT2D eigenvalue weighted by Gasteiger charge is -2.18. The van der Waals surface area contributed by atoms with Crippen molar-refractivity contribution in [2.75, 3.05) is 29.2 Å². The molecule has 0 bridgehead atoms. The predicted molar refractivity (Wildman–Crippen MR) is 126 cm³/mol. The molecular weight excluding hydrogens is 410 g/mol. The van der Waals surface area contributed by atoms with Crippen molar-refractivity contribution in [1.82, 2.24) is 0 Å². The van der Waals surface area contributed by atoms with E-state index in [1.165, 1.54) is 4.90 Å². The topological polar surface area (TPSA) is 52.7 Å². The minimum absolute atomic E-state index is 0.243. The number of carbonyl (C=O) groups excluding carboxylic acids is 2. The molecule has 3 aromatic carbocycles. The Morgan fingerprint density at radius 2 is 1.42 bits per heavy atom. The summed E-state index contributed by atoms with van der Waals surface area (Å²) >= 11 is 6.03. The fourth-order valence-corrected chi connectivity index (χ4v) is 3.57. The molecule has 2 amide bonds. The molecule has 1 aliphatic heterocycles. The van der Waals surface area contributed by atoms with E-state index in [9.17, 15) is 9.59 Å². The van der Waals surface area contributed by atoms with Gasteiger partial charge in [0.2, 0.25) is 0 Å². The number of rotatable bonds is 5. The van der Waals surface area contributed by atoms with Gasteiger partial charge in [0, 0.05) is 30.5 Å². The van der Waals surface area contributed by atoms with Crippen molar-refractivity contribution in [3.05, 3.63) is 94.6 Å². The van der Waals surface area contributed by atoms with E-state index in [0.29, 0.717) is 21.8 Å². The van der Waals surface area contributed by atoms with E-state index >= 15 is 0 Å². The van der Waals surface area contributed by atoms with Crippen LogP contribution in [-0.2, 0) is 9.59 Å². The van der Waals surface area contributed by atoms with E-state index in [1.54, 1.807) is 36.4 Å². The first kappa shape index (κ1) is 20.7. The highest BCUT2D eigenvalue weighted by Crippen LogP contribution is 2.34. The van der Waals surface area contributed by atoms with Crippen LogP contribution in [0, 0.1) is 6.92 Å². The number of aryl methyl sites for hydroxylation is 1. The van der Waals surface area contributed by atoms with Gasteiger partial charge in [0.15, 0.2) is 0 Å². The molecule has 1 heterocycles. The summed E-state index contributed by atoms with van der Waals surface area (Å²) in [6.07, 6.45) is 0. The number of anilines is 3. The van der Waals surface area contributed by atoms with Crippen LogP contribution in [0.5, 0.6) is 0 Å². The summed E-state index contributed by atoms with van der Waals surface area (Å²) in [5.74, 6) is -0.771. The molecule has 5 nitrogen and oxygen atoms in total. The molecule has 0 radical (unpaired) electrons. The third kappa shape index (κ3) is 4.05. The van der Waals surface area contributed by atoms with Crippen molar-refractivity contribution in [3.63, 3.8) is 0 Å². The molecule has 0 unspecified atom stereocenters. The SMILES string of the molecule is Cc1ccc(NC2=C(c3ccc(Cl)cc3)C(=O)N(c3ccc(N(C)C)cc3)C2=O)cc1. The molecule has 31 heavy (non-hydrogen) atoms. The van der Waals surface area contributed by atoms with Crippen LogP contribution in [0.4, 0.5) is 17.1 Å². The molecule has 1 aliphatic rings. The molecule has 6 heteroatoms. The second-order valence-corrected chi connectivity index (χ2v) is 8.04. The average Bonchev–Trinajstić information content (AvgIpc) is 3.00. The van der Waals surface area contributed by atoms with Gasteiger partial charge in [-0.05, 0) is 61.0 Å². The summed E-state index contributed by atoms with van der Waals surface area (Å²) in [7, 11) is 3.87. The molecule has 0 saturated carbocycles. The van der Waals surface area contributed by atoms with E-state index < -0.39 is 5.91 Å². The normalized spacial score (nSPS) is 13.7. The van der Waals surface area contributed by atoms with E-state index in [1.807, 2.05) is 62.3 Å². The Morgan fingerprint density at radius 1 is 0.806 bits per heavy atom. The van der Waals surface area contributed by atoms with Gasteiger partial charge >= 0.3 is 0 Å². The molecule has 0 fully saturated rings. The third-order valence-electron chi connectivity index (χ3n) is 5.16. The van der Waals surface area contributed by atoms with Gasteiger partial charge in [-0.15, -0.1) is 0 Å². The largest absolute Gasteiger partial charge is 0.378 e. The number of benzene rings is 3. The van der Waals surface area contributed by atoms with Crippen LogP contribution in [0.15, 0.2) is 78.5 Å². The minimum atomic E-state index is -0.395. The second-order valence-electron chi connectivity index (χ2n) is 7.60. The Hall–Kier alpha value is -3.57. The van der Waals surface area contributed by atoms with Crippen LogP contribution in [-0.4, -0.2) is 25.9 Å². The zero-order valence-corrected chi connectivity index (χ0v) is 18.3. The van der Waals surface area contributed by atoms with Crippen LogP contribution in [0.25, 0.3) is 5.57 Å². The van der Waals surface area contributed by atoms with Crippen molar-refractivity contribution in [2.45, 2.75) is 6.92 Å². The molecule has 1 N–H and O–H groups in total. The highest BCUT2D eigenvalue weighted by Gasteiger charge is 2.40. The lowest BCUT2D eigenvalue weighted by atomic mass is 10.0. The molecular formula is C25H22ClN3O2. The Labute approximate surface area is 186 Å². The first-order valence-corrected chi connectivity index (χ1v) is 10.2. The summed E-state index contributed by atoms with van der Waals surface area (Å²) in [6.45, 7) is 1.99. The molecule has 0 spiro atoms. The monoisotopic (exact) mass is 431 g/mol. The number of nitrogens with zero attached hydrogens (tertiary/aromatic N) is 2. The maximum Gasteiger partial charge on any atom is 0.282 e. The molecule has 0 atom stereocenters. The van der Waals surface area contributed by atoms with Gasteiger partial charge in [0.1, 0.15) is 5.70 Å². The minimum Gasteiger partial charge on any atom is -0.378 e. The van der Waals surface area contributed by atoms with Crippen LogP contribution < -0.4 is 15.1 Å². The standard InChI is InChI=1S/C25H22ClN3O2/c1-16-4-10-19(11-5-16)27-23-22(17-6-8-18(26)9-7-17)24(30)29(25(23)31)21-14-12-20(13-15-21)28(2)3/h4-15,27H,1-3H3. The summed E-state index contributed by atoms with van der Waals surface area (Å²) in [5, 5.41) is 3.73. The zero-order chi connectivity index (χ0) is 22.1. The number of amides is 2. The zero-order valence-electron chi connectivity index (χ0n) is 17.5. The fraction of sp³-hybridized carbons (Fsp3) is 0.120. The summed E-state index contributed by atoms with van der Waals surface area (Å²) < 4.78 is 0. The maximum absolute atomic E-state index is 13.4. The van der Waals surface area contributed by atoms with Gasteiger partial charge in [-0.25, -0.2) is 4.90 Å². The Kier molecular flexibility index (Phi) is 5.53. The van der Waals surface area contributed by atoms with Crippen molar-refractivity contribution in [3.8, 4) is 0 Å². The van der Waals surface area contributed by atoms with Gasteiger partial charge < -0.3 is 10.2 Å². The predicted octanol–water partition coefficient (Wildman–Crippen LogP) is 5.11. The van der Waals surface area contributed by atoms with E-state index in [0.717, 1.165) is 16.9 Å². The quantitative estimate of drug-likeness (QED) is 0.570. The highest BCUT2D eigenvalue weighted by atomic mass is 35.5. The molecule has 0 saturated heterocycles. The first-order chi connectivity index (χ1) is 14.8.